The maximum Gasteiger partial charge on any atom is 0.0418 e. The van der Waals surface area contributed by atoms with Gasteiger partial charge in [0, 0.05) is 24.8 Å². The summed E-state index contributed by atoms with van der Waals surface area (Å²) in [5.74, 6) is 0.947. The third-order valence-corrected chi connectivity index (χ3v) is 4.30. The van der Waals surface area contributed by atoms with Crippen LogP contribution in [-0.4, -0.2) is 12.6 Å². The highest BCUT2D eigenvalue weighted by atomic mass is 15.0. The van der Waals surface area contributed by atoms with Crippen LogP contribution in [-0.2, 0) is 13.0 Å². The Balaban J connectivity index is 1.60. The zero-order valence-corrected chi connectivity index (χ0v) is 11.3. The third-order valence-electron chi connectivity index (χ3n) is 4.30. The SMILES string of the molecule is CCCC1CC1NCc1cccc2c1NCCC2. The molecule has 0 amide bonds. The van der Waals surface area contributed by atoms with E-state index in [0.29, 0.717) is 0 Å². The van der Waals surface area contributed by atoms with Gasteiger partial charge < -0.3 is 10.6 Å². The van der Waals surface area contributed by atoms with Gasteiger partial charge in [0.15, 0.2) is 0 Å². The third kappa shape index (κ3) is 2.54. The molecule has 0 bridgehead atoms. The van der Waals surface area contributed by atoms with Gasteiger partial charge in [0.25, 0.3) is 0 Å². The standard InChI is InChI=1S/C16H24N2/c1-2-5-13-10-15(13)18-11-14-7-3-6-12-8-4-9-17-16(12)14/h3,6-7,13,15,17-18H,2,4-5,8-11H2,1H3. The van der Waals surface area contributed by atoms with Crippen LogP contribution in [0, 0.1) is 5.92 Å². The van der Waals surface area contributed by atoms with Crippen molar-refractivity contribution in [1.82, 2.24) is 5.32 Å². The largest absolute Gasteiger partial charge is 0.385 e. The fraction of sp³-hybridized carbons (Fsp3) is 0.625. The first kappa shape index (κ1) is 12.0. The number of aryl methyl sites for hydroxylation is 1. The van der Waals surface area contributed by atoms with E-state index < -0.39 is 0 Å². The summed E-state index contributed by atoms with van der Waals surface area (Å²) in [5.41, 5.74) is 4.36. The Morgan fingerprint density at radius 3 is 3.22 bits per heavy atom. The molecule has 1 saturated carbocycles. The van der Waals surface area contributed by atoms with E-state index in [9.17, 15) is 0 Å². The van der Waals surface area contributed by atoms with Gasteiger partial charge >= 0.3 is 0 Å². The maximum atomic E-state index is 3.72. The van der Waals surface area contributed by atoms with Gasteiger partial charge in [-0.15, -0.1) is 0 Å². The summed E-state index contributed by atoms with van der Waals surface area (Å²) < 4.78 is 0. The Morgan fingerprint density at radius 2 is 2.33 bits per heavy atom. The Labute approximate surface area is 110 Å². The zero-order valence-electron chi connectivity index (χ0n) is 11.3. The van der Waals surface area contributed by atoms with E-state index >= 15 is 0 Å². The molecule has 1 fully saturated rings. The van der Waals surface area contributed by atoms with Crippen LogP contribution in [0.3, 0.4) is 0 Å². The molecule has 2 atom stereocenters. The lowest BCUT2D eigenvalue weighted by molar-refractivity contribution is 0.599. The zero-order chi connectivity index (χ0) is 12.4. The average Bonchev–Trinajstić information content (AvgIpc) is 3.15. The van der Waals surface area contributed by atoms with Crippen molar-refractivity contribution in [2.75, 3.05) is 11.9 Å². The average molecular weight is 244 g/mol. The van der Waals surface area contributed by atoms with Crippen LogP contribution in [0.1, 0.15) is 43.7 Å². The lowest BCUT2D eigenvalue weighted by Gasteiger charge is -2.21. The summed E-state index contributed by atoms with van der Waals surface area (Å²) >= 11 is 0. The highest BCUT2D eigenvalue weighted by Gasteiger charge is 2.35. The molecule has 2 nitrogen and oxygen atoms in total. The molecule has 18 heavy (non-hydrogen) atoms. The number of anilines is 1. The van der Waals surface area contributed by atoms with Crippen LogP contribution in [0.25, 0.3) is 0 Å². The molecule has 98 valence electrons. The molecule has 0 aromatic heterocycles. The first-order chi connectivity index (χ1) is 8.88. The fourth-order valence-electron chi connectivity index (χ4n) is 3.16. The topological polar surface area (TPSA) is 24.1 Å². The van der Waals surface area contributed by atoms with Crippen LogP contribution >= 0.6 is 0 Å². The van der Waals surface area contributed by atoms with Crippen molar-refractivity contribution in [2.24, 2.45) is 5.92 Å². The molecule has 0 radical (unpaired) electrons. The Kier molecular flexibility index (Phi) is 3.55. The van der Waals surface area contributed by atoms with Crippen molar-refractivity contribution >= 4 is 5.69 Å². The van der Waals surface area contributed by atoms with Crippen molar-refractivity contribution < 1.29 is 0 Å². The highest BCUT2D eigenvalue weighted by molar-refractivity contribution is 5.59. The second-order valence-electron chi connectivity index (χ2n) is 5.75. The van der Waals surface area contributed by atoms with Gasteiger partial charge in [-0.3, -0.25) is 0 Å². The van der Waals surface area contributed by atoms with E-state index in [2.05, 4.69) is 35.8 Å². The number of para-hydroxylation sites is 1. The quantitative estimate of drug-likeness (QED) is 0.830. The van der Waals surface area contributed by atoms with E-state index in [1.165, 1.54) is 48.9 Å². The van der Waals surface area contributed by atoms with Gasteiger partial charge in [-0.1, -0.05) is 31.5 Å². The summed E-state index contributed by atoms with van der Waals surface area (Å²) in [7, 11) is 0. The Hall–Kier alpha value is -1.02. The summed E-state index contributed by atoms with van der Waals surface area (Å²) in [4.78, 5) is 0. The smallest absolute Gasteiger partial charge is 0.0418 e. The number of benzene rings is 1. The number of rotatable bonds is 5. The lowest BCUT2D eigenvalue weighted by Crippen LogP contribution is -2.20. The van der Waals surface area contributed by atoms with E-state index in [1.807, 2.05) is 0 Å². The molecule has 2 N–H and O–H groups in total. The van der Waals surface area contributed by atoms with Gasteiger partial charge in [0.1, 0.15) is 0 Å². The lowest BCUT2D eigenvalue weighted by atomic mass is 9.99. The molecule has 3 rings (SSSR count). The summed E-state index contributed by atoms with van der Waals surface area (Å²) in [6, 6.07) is 7.52. The van der Waals surface area contributed by atoms with Gasteiger partial charge in [0.05, 0.1) is 0 Å². The molecule has 2 unspecified atom stereocenters. The van der Waals surface area contributed by atoms with Crippen molar-refractivity contribution in [3.05, 3.63) is 29.3 Å². The van der Waals surface area contributed by atoms with Crippen LogP contribution in [0.2, 0.25) is 0 Å². The molecule has 1 aromatic carbocycles. The minimum atomic E-state index is 0.782. The predicted molar refractivity (Wildman–Crippen MR) is 76.9 cm³/mol. The van der Waals surface area contributed by atoms with Crippen LogP contribution in [0.5, 0.6) is 0 Å². The van der Waals surface area contributed by atoms with E-state index in [1.54, 1.807) is 0 Å². The highest BCUT2D eigenvalue weighted by Crippen LogP contribution is 2.35. The number of nitrogens with one attached hydrogen (secondary N) is 2. The molecule has 1 aliphatic carbocycles. The molecular formula is C16H24N2. The number of fused-ring (bicyclic) bond motifs is 1. The molecule has 1 aromatic rings. The Morgan fingerprint density at radius 1 is 1.39 bits per heavy atom. The summed E-state index contributed by atoms with van der Waals surface area (Å²) in [5, 5.41) is 7.29. The summed E-state index contributed by atoms with van der Waals surface area (Å²) in [6.45, 7) is 4.44. The normalized spacial score (nSPS) is 25.4. The van der Waals surface area contributed by atoms with Crippen LogP contribution in [0.4, 0.5) is 5.69 Å². The minimum Gasteiger partial charge on any atom is -0.385 e. The minimum absolute atomic E-state index is 0.782. The van der Waals surface area contributed by atoms with Gasteiger partial charge in [-0.25, -0.2) is 0 Å². The van der Waals surface area contributed by atoms with Crippen molar-refractivity contribution in [3.63, 3.8) is 0 Å². The second-order valence-corrected chi connectivity index (χ2v) is 5.75. The second kappa shape index (κ2) is 5.31. The van der Waals surface area contributed by atoms with Gasteiger partial charge in [-0.2, -0.15) is 0 Å². The van der Waals surface area contributed by atoms with Gasteiger partial charge in [0.2, 0.25) is 0 Å². The molecule has 2 heteroatoms. The van der Waals surface area contributed by atoms with Crippen LogP contribution < -0.4 is 10.6 Å². The molecule has 0 saturated heterocycles. The maximum absolute atomic E-state index is 3.72. The molecular weight excluding hydrogens is 220 g/mol. The predicted octanol–water partition coefficient (Wildman–Crippen LogP) is 3.32. The summed E-state index contributed by atoms with van der Waals surface area (Å²) in [6.07, 6.45) is 6.60. The number of hydrogen-bond donors (Lipinski definition) is 2. The molecule has 2 aliphatic rings. The first-order valence-corrected chi connectivity index (χ1v) is 7.46. The Bertz CT molecular complexity index is 414. The first-order valence-electron chi connectivity index (χ1n) is 7.46. The van der Waals surface area contributed by atoms with Crippen molar-refractivity contribution in [3.8, 4) is 0 Å². The number of hydrogen-bond acceptors (Lipinski definition) is 2. The monoisotopic (exact) mass is 244 g/mol. The molecule has 1 heterocycles. The van der Waals surface area contributed by atoms with E-state index in [0.717, 1.165) is 25.0 Å². The van der Waals surface area contributed by atoms with Crippen molar-refractivity contribution in [2.45, 2.75) is 51.6 Å². The van der Waals surface area contributed by atoms with E-state index in [-0.39, 0.29) is 0 Å². The van der Waals surface area contributed by atoms with Gasteiger partial charge in [-0.05, 0) is 42.7 Å². The van der Waals surface area contributed by atoms with Crippen molar-refractivity contribution in [1.29, 1.82) is 0 Å². The molecule has 1 aliphatic heterocycles. The fourth-order valence-corrected chi connectivity index (χ4v) is 3.16. The molecule has 0 spiro atoms. The van der Waals surface area contributed by atoms with E-state index in [4.69, 9.17) is 0 Å². The van der Waals surface area contributed by atoms with Crippen LogP contribution in [0.15, 0.2) is 18.2 Å².